The lowest BCUT2D eigenvalue weighted by Crippen LogP contribution is -1.85. The predicted molar refractivity (Wildman–Crippen MR) is 56.1 cm³/mol. The van der Waals surface area contributed by atoms with Crippen molar-refractivity contribution < 1.29 is 14.0 Å². The summed E-state index contributed by atoms with van der Waals surface area (Å²) in [5.41, 5.74) is 0. The van der Waals surface area contributed by atoms with Crippen molar-refractivity contribution in [3.8, 4) is 0 Å². The molecule has 78 valence electrons. The highest BCUT2D eigenvalue weighted by molar-refractivity contribution is 7.52. The first-order valence-corrected chi connectivity index (χ1v) is 5.72. The molecular weight excluding hydrogens is 201 g/mol. The van der Waals surface area contributed by atoms with Gasteiger partial charge < -0.3 is 9.42 Å². The number of nitrogens with zero attached hydrogens (tertiary/aromatic N) is 1. The number of allylic oxidation sites excluding steroid dienone is 1. The molecule has 0 aliphatic rings. The van der Waals surface area contributed by atoms with Crippen LogP contribution >= 0.6 is 7.60 Å². The van der Waals surface area contributed by atoms with E-state index in [0.29, 0.717) is 0 Å². The van der Waals surface area contributed by atoms with Gasteiger partial charge in [-0.05, 0) is 12.1 Å². The Kier molecular flexibility index (Phi) is 6.93. The summed E-state index contributed by atoms with van der Waals surface area (Å²) < 4.78 is 14.7. The number of aromatic nitrogens is 1. The maximum absolute atomic E-state index is 10.4. The smallest absolute Gasteiger partial charge is 0.324 e. The molecule has 0 bridgehead atoms. The summed E-state index contributed by atoms with van der Waals surface area (Å²) in [7, 11) is -2.09. The minimum absolute atomic E-state index is 0.0174. The average Bonchev–Trinajstić information content (AvgIpc) is 2.21. The minimum atomic E-state index is -3.29. The van der Waals surface area contributed by atoms with Crippen LogP contribution in [0.15, 0.2) is 43.2 Å². The Morgan fingerprint density at radius 3 is 2.21 bits per heavy atom. The second-order valence-electron chi connectivity index (χ2n) is 2.32. The van der Waals surface area contributed by atoms with E-state index in [-0.39, 0.29) is 6.16 Å². The Morgan fingerprint density at radius 2 is 2.07 bits per heavy atom. The monoisotopic (exact) mass is 215 g/mol. The first-order valence-electron chi connectivity index (χ1n) is 3.96. The normalized spacial score (nSPS) is 13.3. The van der Waals surface area contributed by atoms with Crippen molar-refractivity contribution in [2.75, 3.05) is 13.3 Å². The van der Waals surface area contributed by atoms with Gasteiger partial charge in [-0.15, -0.1) is 6.58 Å². The van der Waals surface area contributed by atoms with Crippen LogP contribution in [0.3, 0.4) is 0 Å². The zero-order valence-corrected chi connectivity index (χ0v) is 8.93. The van der Waals surface area contributed by atoms with Gasteiger partial charge in [-0.1, -0.05) is 12.1 Å². The van der Waals surface area contributed by atoms with E-state index in [2.05, 4.69) is 16.1 Å². The summed E-state index contributed by atoms with van der Waals surface area (Å²) in [4.78, 5) is 12.4. The van der Waals surface area contributed by atoms with Crippen LogP contribution in [0, 0.1) is 0 Å². The fourth-order valence-electron chi connectivity index (χ4n) is 0.550. The molecule has 0 aliphatic carbocycles. The van der Waals surface area contributed by atoms with Crippen molar-refractivity contribution in [2.24, 2.45) is 0 Å². The molecule has 1 aromatic heterocycles. The SMILES string of the molecule is C=CCP(=O)(O)OC.c1ccncc1. The molecule has 1 unspecified atom stereocenters. The van der Waals surface area contributed by atoms with Gasteiger partial charge in [-0.2, -0.15) is 0 Å². The standard InChI is InChI=1S/C5H5N.C4H9O3P/c1-2-4-6-5-3-1;1-3-4-8(5,6)7-2/h1-5H;3H,1,4H2,2H3,(H,5,6). The van der Waals surface area contributed by atoms with Crippen molar-refractivity contribution in [3.63, 3.8) is 0 Å². The highest BCUT2D eigenvalue weighted by atomic mass is 31.2. The summed E-state index contributed by atoms with van der Waals surface area (Å²) in [5, 5.41) is 0. The molecule has 1 aromatic rings. The van der Waals surface area contributed by atoms with E-state index < -0.39 is 7.60 Å². The topological polar surface area (TPSA) is 59.4 Å². The van der Waals surface area contributed by atoms with Crippen LogP contribution in [0.4, 0.5) is 0 Å². The Hall–Kier alpha value is -0.960. The van der Waals surface area contributed by atoms with E-state index in [9.17, 15) is 4.57 Å². The summed E-state index contributed by atoms with van der Waals surface area (Å²) in [5.74, 6) is 0. The minimum Gasteiger partial charge on any atom is -0.324 e. The summed E-state index contributed by atoms with van der Waals surface area (Å²) >= 11 is 0. The fourth-order valence-corrected chi connectivity index (χ4v) is 1.03. The maximum Gasteiger partial charge on any atom is 0.331 e. The summed E-state index contributed by atoms with van der Waals surface area (Å²) in [6.45, 7) is 3.28. The second kappa shape index (κ2) is 7.44. The lowest BCUT2D eigenvalue weighted by atomic mass is 10.5. The van der Waals surface area contributed by atoms with Gasteiger partial charge in [-0.25, -0.2) is 0 Å². The first-order chi connectivity index (χ1) is 6.62. The van der Waals surface area contributed by atoms with Crippen LogP contribution in [0.1, 0.15) is 0 Å². The number of rotatable bonds is 3. The molecule has 0 aromatic carbocycles. The molecule has 1 heterocycles. The Morgan fingerprint density at radius 1 is 1.50 bits per heavy atom. The van der Waals surface area contributed by atoms with E-state index in [4.69, 9.17) is 4.89 Å². The van der Waals surface area contributed by atoms with Gasteiger partial charge in [0.15, 0.2) is 0 Å². The Balaban J connectivity index is 0.000000249. The predicted octanol–water partition coefficient (Wildman–Crippen LogP) is 2.09. The molecule has 0 aliphatic heterocycles. The Labute approximate surface area is 83.8 Å². The fraction of sp³-hybridized carbons (Fsp3) is 0.222. The molecule has 0 spiro atoms. The largest absolute Gasteiger partial charge is 0.331 e. The van der Waals surface area contributed by atoms with Gasteiger partial charge >= 0.3 is 7.60 Å². The van der Waals surface area contributed by atoms with Crippen molar-refractivity contribution in [3.05, 3.63) is 43.2 Å². The molecular formula is C9H14NO3P. The lowest BCUT2D eigenvalue weighted by molar-refractivity contribution is 0.319. The van der Waals surface area contributed by atoms with Crippen LogP contribution < -0.4 is 0 Å². The number of hydrogen-bond acceptors (Lipinski definition) is 3. The molecule has 1 rings (SSSR count). The second-order valence-corrected chi connectivity index (χ2v) is 4.32. The molecule has 14 heavy (non-hydrogen) atoms. The van der Waals surface area contributed by atoms with Crippen LogP contribution in [0.25, 0.3) is 0 Å². The van der Waals surface area contributed by atoms with Crippen LogP contribution in [0.2, 0.25) is 0 Å². The highest BCUT2D eigenvalue weighted by Crippen LogP contribution is 2.39. The van der Waals surface area contributed by atoms with E-state index in [1.165, 1.54) is 13.2 Å². The van der Waals surface area contributed by atoms with Crippen LogP contribution in [-0.2, 0) is 9.09 Å². The van der Waals surface area contributed by atoms with Gasteiger partial charge in [0.1, 0.15) is 0 Å². The first kappa shape index (κ1) is 13.0. The van der Waals surface area contributed by atoms with Gasteiger partial charge in [0.25, 0.3) is 0 Å². The highest BCUT2D eigenvalue weighted by Gasteiger charge is 2.12. The molecule has 5 heteroatoms. The molecule has 0 fully saturated rings. The van der Waals surface area contributed by atoms with E-state index in [0.717, 1.165) is 0 Å². The third kappa shape index (κ3) is 7.68. The van der Waals surface area contributed by atoms with Gasteiger partial charge in [0.2, 0.25) is 0 Å². The van der Waals surface area contributed by atoms with Gasteiger partial charge in [0.05, 0.1) is 6.16 Å². The van der Waals surface area contributed by atoms with Crippen molar-refractivity contribution in [1.82, 2.24) is 4.98 Å². The van der Waals surface area contributed by atoms with E-state index >= 15 is 0 Å². The van der Waals surface area contributed by atoms with Crippen molar-refractivity contribution in [1.29, 1.82) is 0 Å². The van der Waals surface area contributed by atoms with Crippen LogP contribution in [-0.4, -0.2) is 23.1 Å². The molecule has 1 atom stereocenters. The molecule has 0 radical (unpaired) electrons. The molecule has 0 saturated heterocycles. The third-order valence-corrected chi connectivity index (χ3v) is 2.50. The van der Waals surface area contributed by atoms with Crippen molar-refractivity contribution in [2.45, 2.75) is 0 Å². The summed E-state index contributed by atoms with van der Waals surface area (Å²) in [6.07, 6.45) is 4.87. The number of hydrogen-bond donors (Lipinski definition) is 1. The van der Waals surface area contributed by atoms with Crippen LogP contribution in [0.5, 0.6) is 0 Å². The van der Waals surface area contributed by atoms with Crippen molar-refractivity contribution >= 4 is 7.60 Å². The maximum atomic E-state index is 10.4. The molecule has 0 amide bonds. The zero-order valence-electron chi connectivity index (χ0n) is 8.04. The Bertz CT molecular complexity index is 263. The van der Waals surface area contributed by atoms with Gasteiger partial charge in [0, 0.05) is 19.5 Å². The number of pyridine rings is 1. The third-order valence-electron chi connectivity index (χ3n) is 1.21. The molecule has 1 N–H and O–H groups in total. The van der Waals surface area contributed by atoms with E-state index in [1.54, 1.807) is 12.4 Å². The quantitative estimate of drug-likeness (QED) is 0.619. The zero-order chi connectivity index (χ0) is 10.9. The summed E-state index contributed by atoms with van der Waals surface area (Å²) in [6, 6.07) is 5.72. The molecule has 0 saturated carbocycles. The average molecular weight is 215 g/mol. The van der Waals surface area contributed by atoms with E-state index in [1.807, 2.05) is 18.2 Å². The molecule has 4 nitrogen and oxygen atoms in total. The lowest BCUT2D eigenvalue weighted by Gasteiger charge is -2.02. The van der Waals surface area contributed by atoms with Gasteiger partial charge in [-0.3, -0.25) is 9.55 Å².